The van der Waals surface area contributed by atoms with E-state index in [0.29, 0.717) is 6.61 Å². The number of aryl methyl sites for hydroxylation is 1. The highest BCUT2D eigenvalue weighted by molar-refractivity contribution is 5.42. The number of ether oxygens (including phenoxy) is 2. The summed E-state index contributed by atoms with van der Waals surface area (Å²) in [4.78, 5) is 4.32. The fourth-order valence-electron chi connectivity index (χ4n) is 1.96. The lowest BCUT2D eigenvalue weighted by Crippen LogP contribution is -2.09. The molecule has 106 valence electrons. The van der Waals surface area contributed by atoms with E-state index in [2.05, 4.69) is 4.98 Å². The van der Waals surface area contributed by atoms with Crippen LogP contribution in [-0.2, 0) is 6.61 Å². The standard InChI is InChI=1S/C16H20N2O2/c1-11-5-4-8-18-15(11)10-20-16-9-13(19-3)6-7-14(16)12(2)17/h4-9,12H,10,17H2,1-3H3. The first-order chi connectivity index (χ1) is 9.61. The number of hydrogen-bond acceptors (Lipinski definition) is 4. The molecule has 1 aromatic heterocycles. The third-order valence-electron chi connectivity index (χ3n) is 3.19. The maximum atomic E-state index is 5.97. The monoisotopic (exact) mass is 272 g/mol. The Hall–Kier alpha value is -2.07. The number of benzene rings is 1. The largest absolute Gasteiger partial charge is 0.497 e. The van der Waals surface area contributed by atoms with Crippen LogP contribution in [0.5, 0.6) is 11.5 Å². The van der Waals surface area contributed by atoms with E-state index in [1.54, 1.807) is 13.3 Å². The second kappa shape index (κ2) is 6.39. The number of hydrogen-bond donors (Lipinski definition) is 1. The summed E-state index contributed by atoms with van der Waals surface area (Å²) in [6.07, 6.45) is 1.77. The number of methoxy groups -OCH3 is 1. The topological polar surface area (TPSA) is 57.4 Å². The van der Waals surface area contributed by atoms with Crippen molar-refractivity contribution in [2.24, 2.45) is 5.73 Å². The van der Waals surface area contributed by atoms with Crippen LogP contribution in [-0.4, -0.2) is 12.1 Å². The van der Waals surface area contributed by atoms with Gasteiger partial charge in [-0.25, -0.2) is 0 Å². The summed E-state index contributed by atoms with van der Waals surface area (Å²) >= 11 is 0. The first-order valence-electron chi connectivity index (χ1n) is 6.58. The fraction of sp³-hybridized carbons (Fsp3) is 0.312. The Morgan fingerprint density at radius 2 is 2.10 bits per heavy atom. The lowest BCUT2D eigenvalue weighted by molar-refractivity contribution is 0.293. The van der Waals surface area contributed by atoms with Crippen LogP contribution in [0.2, 0.25) is 0 Å². The second-order valence-electron chi connectivity index (χ2n) is 4.75. The van der Waals surface area contributed by atoms with Crippen molar-refractivity contribution in [3.63, 3.8) is 0 Å². The molecule has 0 aliphatic heterocycles. The average Bonchev–Trinajstić information content (AvgIpc) is 2.46. The highest BCUT2D eigenvalue weighted by atomic mass is 16.5. The van der Waals surface area contributed by atoms with Crippen molar-refractivity contribution in [3.05, 3.63) is 53.3 Å². The molecule has 2 aromatic rings. The van der Waals surface area contributed by atoms with E-state index in [-0.39, 0.29) is 6.04 Å². The van der Waals surface area contributed by atoms with Crippen LogP contribution in [0.1, 0.15) is 29.8 Å². The third kappa shape index (κ3) is 3.27. The van der Waals surface area contributed by atoms with E-state index in [1.807, 2.05) is 44.2 Å². The van der Waals surface area contributed by atoms with Gasteiger partial charge in [0.2, 0.25) is 0 Å². The minimum atomic E-state index is -0.0965. The number of nitrogens with zero attached hydrogens (tertiary/aromatic N) is 1. The molecular weight excluding hydrogens is 252 g/mol. The summed E-state index contributed by atoms with van der Waals surface area (Å²) in [5.74, 6) is 1.49. The molecular formula is C16H20N2O2. The van der Waals surface area contributed by atoms with Gasteiger partial charge in [0, 0.05) is 23.9 Å². The molecule has 0 saturated carbocycles. The van der Waals surface area contributed by atoms with E-state index in [4.69, 9.17) is 15.2 Å². The molecule has 1 atom stereocenters. The van der Waals surface area contributed by atoms with Gasteiger partial charge in [-0.1, -0.05) is 12.1 Å². The van der Waals surface area contributed by atoms with Crippen molar-refractivity contribution >= 4 is 0 Å². The zero-order chi connectivity index (χ0) is 14.5. The number of rotatable bonds is 5. The van der Waals surface area contributed by atoms with E-state index < -0.39 is 0 Å². The summed E-state index contributed by atoms with van der Waals surface area (Å²) in [7, 11) is 1.63. The molecule has 0 saturated heterocycles. The fourth-order valence-corrected chi connectivity index (χ4v) is 1.96. The zero-order valence-electron chi connectivity index (χ0n) is 12.1. The van der Waals surface area contributed by atoms with Crippen LogP contribution in [0, 0.1) is 6.92 Å². The Morgan fingerprint density at radius 1 is 1.30 bits per heavy atom. The van der Waals surface area contributed by atoms with Crippen molar-refractivity contribution in [2.45, 2.75) is 26.5 Å². The molecule has 0 radical (unpaired) electrons. The molecule has 0 bridgehead atoms. The van der Waals surface area contributed by atoms with Gasteiger partial charge in [-0.3, -0.25) is 4.98 Å². The highest BCUT2D eigenvalue weighted by Gasteiger charge is 2.10. The Balaban J connectivity index is 2.21. The maximum absolute atomic E-state index is 5.97. The minimum absolute atomic E-state index is 0.0965. The van der Waals surface area contributed by atoms with Gasteiger partial charge in [0.1, 0.15) is 18.1 Å². The van der Waals surface area contributed by atoms with Gasteiger partial charge in [0.25, 0.3) is 0 Å². The normalized spacial score (nSPS) is 12.0. The van der Waals surface area contributed by atoms with Crippen molar-refractivity contribution < 1.29 is 9.47 Å². The van der Waals surface area contributed by atoms with Crippen LogP contribution in [0.4, 0.5) is 0 Å². The van der Waals surface area contributed by atoms with Crippen LogP contribution >= 0.6 is 0 Å². The highest BCUT2D eigenvalue weighted by Crippen LogP contribution is 2.29. The molecule has 1 unspecified atom stereocenters. The molecule has 2 rings (SSSR count). The number of nitrogens with two attached hydrogens (primary N) is 1. The summed E-state index contributed by atoms with van der Waals surface area (Å²) in [6.45, 7) is 4.37. The molecule has 0 aliphatic rings. The molecule has 0 amide bonds. The zero-order valence-corrected chi connectivity index (χ0v) is 12.1. The third-order valence-corrected chi connectivity index (χ3v) is 3.19. The first kappa shape index (κ1) is 14.3. The van der Waals surface area contributed by atoms with Gasteiger partial charge in [-0.2, -0.15) is 0 Å². The van der Waals surface area contributed by atoms with Crippen LogP contribution in [0.25, 0.3) is 0 Å². The van der Waals surface area contributed by atoms with Gasteiger partial charge in [-0.05, 0) is 31.5 Å². The quantitative estimate of drug-likeness (QED) is 0.909. The van der Waals surface area contributed by atoms with Gasteiger partial charge in [0.15, 0.2) is 0 Å². The van der Waals surface area contributed by atoms with Crippen molar-refractivity contribution in [1.82, 2.24) is 4.98 Å². The van der Waals surface area contributed by atoms with Crippen molar-refractivity contribution in [3.8, 4) is 11.5 Å². The SMILES string of the molecule is COc1ccc(C(C)N)c(OCc2ncccc2C)c1. The van der Waals surface area contributed by atoms with Gasteiger partial charge in [0.05, 0.1) is 12.8 Å². The second-order valence-corrected chi connectivity index (χ2v) is 4.75. The number of aromatic nitrogens is 1. The molecule has 2 N–H and O–H groups in total. The Labute approximate surface area is 119 Å². The Kier molecular flexibility index (Phi) is 4.58. The Morgan fingerprint density at radius 3 is 2.75 bits per heavy atom. The van der Waals surface area contributed by atoms with Gasteiger partial charge in [-0.15, -0.1) is 0 Å². The van der Waals surface area contributed by atoms with Crippen LogP contribution in [0.15, 0.2) is 36.5 Å². The summed E-state index contributed by atoms with van der Waals surface area (Å²) in [6, 6.07) is 9.51. The molecule has 0 fully saturated rings. The molecule has 1 aromatic carbocycles. The molecule has 0 aliphatic carbocycles. The first-order valence-corrected chi connectivity index (χ1v) is 6.58. The summed E-state index contributed by atoms with van der Waals surface area (Å²) < 4.78 is 11.1. The van der Waals surface area contributed by atoms with Crippen LogP contribution < -0.4 is 15.2 Å². The van der Waals surface area contributed by atoms with Crippen molar-refractivity contribution in [1.29, 1.82) is 0 Å². The molecule has 1 heterocycles. The summed E-state index contributed by atoms with van der Waals surface area (Å²) in [5.41, 5.74) is 8.96. The van der Waals surface area contributed by atoms with Crippen LogP contribution in [0.3, 0.4) is 0 Å². The van der Waals surface area contributed by atoms with Gasteiger partial charge < -0.3 is 15.2 Å². The molecule has 4 heteroatoms. The molecule has 0 spiro atoms. The van der Waals surface area contributed by atoms with Crippen molar-refractivity contribution in [2.75, 3.05) is 7.11 Å². The molecule has 4 nitrogen and oxygen atoms in total. The minimum Gasteiger partial charge on any atom is -0.497 e. The smallest absolute Gasteiger partial charge is 0.130 e. The average molecular weight is 272 g/mol. The van der Waals surface area contributed by atoms with E-state index in [9.17, 15) is 0 Å². The van der Waals surface area contributed by atoms with E-state index in [1.165, 1.54) is 0 Å². The predicted octanol–water partition coefficient (Wildman–Crippen LogP) is 3.00. The van der Waals surface area contributed by atoms with E-state index in [0.717, 1.165) is 28.3 Å². The lowest BCUT2D eigenvalue weighted by Gasteiger charge is -2.15. The Bertz CT molecular complexity index is 582. The maximum Gasteiger partial charge on any atom is 0.130 e. The van der Waals surface area contributed by atoms with E-state index >= 15 is 0 Å². The number of pyridine rings is 1. The summed E-state index contributed by atoms with van der Waals surface area (Å²) in [5, 5.41) is 0. The molecule has 20 heavy (non-hydrogen) atoms. The predicted molar refractivity (Wildman–Crippen MR) is 78.9 cm³/mol. The lowest BCUT2D eigenvalue weighted by atomic mass is 10.1. The van der Waals surface area contributed by atoms with Gasteiger partial charge >= 0.3 is 0 Å².